The van der Waals surface area contributed by atoms with E-state index in [-0.39, 0.29) is 6.10 Å². The molecule has 0 aromatic rings. The van der Waals surface area contributed by atoms with Gasteiger partial charge in [0.25, 0.3) is 0 Å². The Morgan fingerprint density at radius 2 is 2.23 bits per heavy atom. The van der Waals surface area contributed by atoms with Crippen LogP contribution in [-0.2, 0) is 9.53 Å². The second-order valence-corrected chi connectivity index (χ2v) is 3.99. The molecule has 0 N–H and O–H groups in total. The zero-order valence-corrected chi connectivity index (χ0v) is 8.08. The van der Waals surface area contributed by atoms with Crippen molar-refractivity contribution in [3.8, 4) is 0 Å². The van der Waals surface area contributed by atoms with Crippen LogP contribution >= 0.6 is 0 Å². The Morgan fingerprint density at radius 1 is 1.38 bits per heavy atom. The first-order chi connectivity index (χ1) is 6.31. The molecule has 0 aromatic carbocycles. The highest BCUT2D eigenvalue weighted by molar-refractivity contribution is 5.98. The Labute approximate surface area is 79.0 Å². The summed E-state index contributed by atoms with van der Waals surface area (Å²) < 4.78 is 5.30. The third kappa shape index (κ3) is 1.68. The Morgan fingerprint density at radius 3 is 3.00 bits per heavy atom. The van der Waals surface area contributed by atoms with Crippen molar-refractivity contribution in [1.29, 1.82) is 0 Å². The summed E-state index contributed by atoms with van der Waals surface area (Å²) in [4.78, 5) is 11.5. The van der Waals surface area contributed by atoms with Crippen LogP contribution in [0.1, 0.15) is 32.1 Å². The molecule has 72 valence electrons. The van der Waals surface area contributed by atoms with E-state index in [2.05, 4.69) is 6.08 Å². The lowest BCUT2D eigenvalue weighted by atomic mass is 9.99. The molecule has 13 heavy (non-hydrogen) atoms. The predicted molar refractivity (Wildman–Crippen MR) is 50.5 cm³/mol. The number of ether oxygens (including phenoxy) is 1. The quantitative estimate of drug-likeness (QED) is 0.617. The van der Waals surface area contributed by atoms with Crippen molar-refractivity contribution in [1.82, 2.24) is 0 Å². The lowest BCUT2D eigenvalue weighted by Gasteiger charge is -2.07. The van der Waals surface area contributed by atoms with E-state index >= 15 is 0 Å². The number of allylic oxidation sites excluding steroid dienone is 1. The fraction of sp³-hybridized carbons (Fsp3) is 0.727. The van der Waals surface area contributed by atoms with Gasteiger partial charge in [-0.05, 0) is 43.3 Å². The maximum atomic E-state index is 11.5. The minimum Gasteiger partial charge on any atom is -0.377 e. The van der Waals surface area contributed by atoms with Gasteiger partial charge in [-0.3, -0.25) is 4.79 Å². The van der Waals surface area contributed by atoms with E-state index in [1.54, 1.807) is 7.11 Å². The molecule has 2 heteroatoms. The topological polar surface area (TPSA) is 26.3 Å². The number of carbonyl (C=O) groups excluding carboxylic acids is 1. The summed E-state index contributed by atoms with van der Waals surface area (Å²) >= 11 is 0. The maximum absolute atomic E-state index is 11.5. The number of hydrogen-bond acceptors (Lipinski definition) is 2. The van der Waals surface area contributed by atoms with E-state index < -0.39 is 0 Å². The molecule has 2 rings (SSSR count). The normalized spacial score (nSPS) is 33.9. The summed E-state index contributed by atoms with van der Waals surface area (Å²) in [5, 5.41) is 0. The minimum atomic E-state index is 0.182. The Bertz CT molecular complexity index is 242. The van der Waals surface area contributed by atoms with Crippen molar-refractivity contribution in [2.45, 2.75) is 38.2 Å². The van der Waals surface area contributed by atoms with Gasteiger partial charge in [-0.15, -0.1) is 0 Å². The summed E-state index contributed by atoms with van der Waals surface area (Å²) in [6, 6.07) is 0. The number of Topliss-reactive ketones (excluding diaryl/α,β-unsaturated/α-hetero) is 1. The molecule has 0 bridgehead atoms. The van der Waals surface area contributed by atoms with Crippen LogP contribution in [0.2, 0.25) is 0 Å². The van der Waals surface area contributed by atoms with Crippen molar-refractivity contribution in [2.75, 3.05) is 7.11 Å². The summed E-state index contributed by atoms with van der Waals surface area (Å²) in [6.07, 6.45) is 7.51. The molecule has 2 unspecified atom stereocenters. The molecule has 0 spiro atoms. The van der Waals surface area contributed by atoms with Crippen molar-refractivity contribution in [3.63, 3.8) is 0 Å². The summed E-state index contributed by atoms with van der Waals surface area (Å²) in [5.74, 6) is 0.904. The summed E-state index contributed by atoms with van der Waals surface area (Å²) in [6.45, 7) is 0. The van der Waals surface area contributed by atoms with Gasteiger partial charge < -0.3 is 4.74 Å². The molecule has 2 nitrogen and oxygen atoms in total. The lowest BCUT2D eigenvalue weighted by molar-refractivity contribution is -0.114. The third-order valence-electron chi connectivity index (χ3n) is 3.19. The van der Waals surface area contributed by atoms with Gasteiger partial charge in [0.2, 0.25) is 0 Å². The van der Waals surface area contributed by atoms with E-state index in [9.17, 15) is 4.79 Å². The second-order valence-electron chi connectivity index (χ2n) is 3.99. The average Bonchev–Trinajstić information content (AvgIpc) is 2.41. The largest absolute Gasteiger partial charge is 0.377 e. The van der Waals surface area contributed by atoms with E-state index in [0.717, 1.165) is 24.8 Å². The zero-order valence-electron chi connectivity index (χ0n) is 8.08. The Balaban J connectivity index is 2.21. The molecular weight excluding hydrogens is 164 g/mol. The predicted octanol–water partition coefficient (Wildman–Crippen LogP) is 2.09. The third-order valence-corrected chi connectivity index (χ3v) is 3.19. The van der Waals surface area contributed by atoms with E-state index in [4.69, 9.17) is 4.74 Å². The van der Waals surface area contributed by atoms with Gasteiger partial charge in [0.05, 0.1) is 6.10 Å². The van der Waals surface area contributed by atoms with Crippen molar-refractivity contribution >= 4 is 5.78 Å². The molecular formula is C11H16O2. The van der Waals surface area contributed by atoms with Crippen LogP contribution in [0.4, 0.5) is 0 Å². The summed E-state index contributed by atoms with van der Waals surface area (Å²) in [5.41, 5.74) is 1.06. The standard InChI is InChI=1S/C11H16O2/c1-13-9-4-2-3-8-5-6-11(12)10(8)7-9/h7-9H,2-6H2,1H3. The first-order valence-electron chi connectivity index (χ1n) is 5.09. The fourth-order valence-corrected chi connectivity index (χ4v) is 2.40. The number of carbonyl (C=O) groups is 1. The molecule has 0 heterocycles. The molecule has 0 aromatic heterocycles. The number of hydrogen-bond donors (Lipinski definition) is 0. The van der Waals surface area contributed by atoms with Gasteiger partial charge in [-0.1, -0.05) is 0 Å². The van der Waals surface area contributed by atoms with Crippen LogP contribution in [0.5, 0.6) is 0 Å². The van der Waals surface area contributed by atoms with E-state index in [1.807, 2.05) is 0 Å². The number of ketones is 1. The van der Waals surface area contributed by atoms with Gasteiger partial charge in [-0.25, -0.2) is 0 Å². The van der Waals surface area contributed by atoms with Gasteiger partial charge in [0.15, 0.2) is 5.78 Å². The number of fused-ring (bicyclic) bond motifs is 1. The SMILES string of the molecule is COC1C=C2C(=O)CCC2CCC1. The molecule has 0 aliphatic heterocycles. The first-order valence-corrected chi connectivity index (χ1v) is 5.09. The monoisotopic (exact) mass is 180 g/mol. The highest BCUT2D eigenvalue weighted by Crippen LogP contribution is 2.35. The molecule has 2 aliphatic carbocycles. The molecule has 0 saturated heterocycles. The molecule has 1 fully saturated rings. The van der Waals surface area contributed by atoms with Crippen LogP contribution in [0, 0.1) is 5.92 Å². The number of rotatable bonds is 1. The van der Waals surface area contributed by atoms with Gasteiger partial charge in [0.1, 0.15) is 0 Å². The highest BCUT2D eigenvalue weighted by atomic mass is 16.5. The van der Waals surface area contributed by atoms with Crippen molar-refractivity contribution < 1.29 is 9.53 Å². The van der Waals surface area contributed by atoms with Gasteiger partial charge in [0, 0.05) is 13.5 Å². The molecule has 2 atom stereocenters. The average molecular weight is 180 g/mol. The van der Waals surface area contributed by atoms with E-state index in [0.29, 0.717) is 11.7 Å². The van der Waals surface area contributed by atoms with Crippen molar-refractivity contribution in [3.05, 3.63) is 11.6 Å². The molecule has 0 amide bonds. The molecule has 2 aliphatic rings. The van der Waals surface area contributed by atoms with Crippen LogP contribution in [0.25, 0.3) is 0 Å². The second kappa shape index (κ2) is 3.62. The number of methoxy groups -OCH3 is 1. The Kier molecular flexibility index (Phi) is 2.49. The highest BCUT2D eigenvalue weighted by Gasteiger charge is 2.30. The Hall–Kier alpha value is -0.630. The fourth-order valence-electron chi connectivity index (χ4n) is 2.40. The molecule has 0 radical (unpaired) electrons. The minimum absolute atomic E-state index is 0.182. The zero-order chi connectivity index (χ0) is 9.26. The van der Waals surface area contributed by atoms with Crippen LogP contribution in [-0.4, -0.2) is 19.0 Å². The van der Waals surface area contributed by atoms with Crippen molar-refractivity contribution in [2.24, 2.45) is 5.92 Å². The first kappa shape index (κ1) is 8.95. The molecule has 1 saturated carbocycles. The summed E-state index contributed by atoms with van der Waals surface area (Å²) in [7, 11) is 1.72. The smallest absolute Gasteiger partial charge is 0.158 e. The maximum Gasteiger partial charge on any atom is 0.158 e. The van der Waals surface area contributed by atoms with Gasteiger partial charge >= 0.3 is 0 Å². The van der Waals surface area contributed by atoms with Crippen LogP contribution in [0.15, 0.2) is 11.6 Å². The van der Waals surface area contributed by atoms with Gasteiger partial charge in [-0.2, -0.15) is 0 Å². The lowest BCUT2D eigenvalue weighted by Crippen LogP contribution is -2.07. The van der Waals surface area contributed by atoms with Crippen LogP contribution in [0.3, 0.4) is 0 Å². The van der Waals surface area contributed by atoms with Crippen LogP contribution < -0.4 is 0 Å². The van der Waals surface area contributed by atoms with E-state index in [1.165, 1.54) is 12.8 Å².